The van der Waals surface area contributed by atoms with E-state index in [0.29, 0.717) is 11.8 Å². The van der Waals surface area contributed by atoms with Gasteiger partial charge in [0.1, 0.15) is 0 Å². The first kappa shape index (κ1) is 16.1. The number of nitriles is 1. The second-order valence-corrected chi connectivity index (χ2v) is 12.6. The molecule has 0 N–H and O–H groups in total. The first-order valence-electron chi connectivity index (χ1n) is 13.0. The van der Waals surface area contributed by atoms with Crippen molar-refractivity contribution >= 4 is 0 Å². The zero-order valence-electron chi connectivity index (χ0n) is 17.7. The van der Waals surface area contributed by atoms with Gasteiger partial charge in [-0.15, -0.1) is 0 Å². The van der Waals surface area contributed by atoms with Crippen LogP contribution in [0.2, 0.25) is 0 Å². The van der Waals surface area contributed by atoms with Crippen LogP contribution < -0.4 is 0 Å². The van der Waals surface area contributed by atoms with Gasteiger partial charge >= 0.3 is 0 Å². The summed E-state index contributed by atoms with van der Waals surface area (Å²) in [7, 11) is 0. The fourth-order valence-corrected chi connectivity index (χ4v) is 12.5. The lowest BCUT2D eigenvalue weighted by Crippen LogP contribution is -2.43. The fourth-order valence-electron chi connectivity index (χ4n) is 12.5. The Labute approximate surface area is 179 Å². The first-order chi connectivity index (χ1) is 14.8. The van der Waals surface area contributed by atoms with E-state index in [1.165, 1.54) is 24.8 Å². The number of nitrogens with zero attached hydrogens (tertiary/aromatic N) is 1. The molecule has 0 aliphatic heterocycles. The summed E-state index contributed by atoms with van der Waals surface area (Å²) in [5.41, 5.74) is 5.57. The van der Waals surface area contributed by atoms with Crippen molar-refractivity contribution in [2.45, 2.75) is 44.4 Å². The van der Waals surface area contributed by atoms with Gasteiger partial charge in [-0.2, -0.15) is 5.26 Å². The minimum Gasteiger partial charge on any atom is -0.198 e. The fraction of sp³-hybridized carbons (Fsp3) is 0.690. The smallest absolute Gasteiger partial charge is 0.0665 e. The maximum atomic E-state index is 10.2. The monoisotopic (exact) mass is 393 g/mol. The molecule has 14 atom stereocenters. The molecule has 14 unspecified atom stereocenters. The molecule has 8 aliphatic carbocycles. The van der Waals surface area contributed by atoms with Gasteiger partial charge in [-0.25, -0.2) is 0 Å². The van der Waals surface area contributed by atoms with E-state index < -0.39 is 0 Å². The van der Waals surface area contributed by atoms with Crippen LogP contribution in [0.25, 0.3) is 0 Å². The third-order valence-corrected chi connectivity index (χ3v) is 12.5. The lowest BCUT2D eigenvalue weighted by Gasteiger charge is -2.48. The average Bonchev–Trinajstić information content (AvgIpc) is 3.62. The number of hydrogen-bond donors (Lipinski definition) is 0. The third-order valence-electron chi connectivity index (χ3n) is 12.5. The van der Waals surface area contributed by atoms with Crippen molar-refractivity contribution in [1.82, 2.24) is 0 Å². The lowest BCUT2D eigenvalue weighted by atomic mass is 9.55. The molecule has 1 aromatic carbocycles. The highest BCUT2D eigenvalue weighted by Gasteiger charge is 2.74. The molecule has 0 radical (unpaired) electrons. The van der Waals surface area contributed by atoms with E-state index in [1.807, 2.05) is 5.57 Å². The van der Waals surface area contributed by atoms with Gasteiger partial charge < -0.3 is 0 Å². The zero-order chi connectivity index (χ0) is 19.3. The Kier molecular flexibility index (Phi) is 2.74. The van der Waals surface area contributed by atoms with Gasteiger partial charge in [-0.3, -0.25) is 0 Å². The summed E-state index contributed by atoms with van der Waals surface area (Å²) in [6.07, 6.45) is 9.06. The van der Waals surface area contributed by atoms with Crippen molar-refractivity contribution in [3.05, 3.63) is 47.0 Å². The molecule has 0 aromatic heterocycles. The molecule has 8 bridgehead atoms. The van der Waals surface area contributed by atoms with Crippen LogP contribution in [0, 0.1) is 88.3 Å². The molecule has 152 valence electrons. The number of benzene rings is 1. The van der Waals surface area contributed by atoms with Crippen LogP contribution in [0.15, 0.2) is 41.5 Å². The second-order valence-electron chi connectivity index (χ2n) is 12.6. The number of fused-ring (bicyclic) bond motifs is 22. The molecule has 1 aromatic rings. The predicted molar refractivity (Wildman–Crippen MR) is 115 cm³/mol. The van der Waals surface area contributed by atoms with Crippen LogP contribution in [0.1, 0.15) is 50.0 Å². The second kappa shape index (κ2) is 5.09. The molecule has 0 amide bonds. The van der Waals surface area contributed by atoms with E-state index in [0.717, 1.165) is 65.1 Å². The van der Waals surface area contributed by atoms with Gasteiger partial charge in [0.05, 0.1) is 12.0 Å². The normalized spacial score (nSPS) is 59.7. The standard InChI is InChI=1S/C29H31N/c30-12-22-16-9-17(23(22)13-4-2-1-3-5-13)27-21-11-20(26(16)27)28-18-10-19(29(21)28)25-15-7-6-14(8-15)24(18)25/h1-5,14-18,20-28H,6-11H2. The molecular weight excluding hydrogens is 362 g/mol. The summed E-state index contributed by atoms with van der Waals surface area (Å²) in [6.45, 7) is 0. The topological polar surface area (TPSA) is 23.8 Å². The van der Waals surface area contributed by atoms with Crippen molar-refractivity contribution in [2.75, 3.05) is 0 Å². The Bertz CT molecular complexity index is 1030. The maximum absolute atomic E-state index is 10.2. The summed E-state index contributed by atoms with van der Waals surface area (Å²) in [5, 5.41) is 10.2. The van der Waals surface area contributed by atoms with Gasteiger partial charge in [0.15, 0.2) is 0 Å². The summed E-state index contributed by atoms with van der Waals surface area (Å²) >= 11 is 0. The molecule has 8 aliphatic rings. The lowest BCUT2D eigenvalue weighted by molar-refractivity contribution is 0.0606. The molecule has 0 heterocycles. The van der Waals surface area contributed by atoms with Crippen LogP contribution in [0.3, 0.4) is 0 Å². The average molecular weight is 394 g/mol. The van der Waals surface area contributed by atoms with Gasteiger partial charge in [-0.1, -0.05) is 41.5 Å². The molecule has 30 heavy (non-hydrogen) atoms. The van der Waals surface area contributed by atoms with E-state index in [1.54, 1.807) is 19.3 Å². The van der Waals surface area contributed by atoms with Gasteiger partial charge in [0.2, 0.25) is 0 Å². The van der Waals surface area contributed by atoms with E-state index >= 15 is 0 Å². The Hall–Kier alpha value is -1.55. The van der Waals surface area contributed by atoms with Gasteiger partial charge in [0.25, 0.3) is 0 Å². The van der Waals surface area contributed by atoms with Gasteiger partial charge in [-0.05, 0) is 115 Å². The summed E-state index contributed by atoms with van der Waals surface area (Å²) in [6, 6.07) is 14.0. The Morgan fingerprint density at radius 3 is 2.43 bits per heavy atom. The Morgan fingerprint density at radius 1 is 0.733 bits per heavy atom. The van der Waals surface area contributed by atoms with Crippen molar-refractivity contribution in [1.29, 1.82) is 5.26 Å². The van der Waals surface area contributed by atoms with Crippen LogP contribution in [0.4, 0.5) is 0 Å². The number of rotatable bonds is 1. The Morgan fingerprint density at radius 2 is 1.57 bits per heavy atom. The number of allylic oxidation sites excluding steroid dienone is 2. The van der Waals surface area contributed by atoms with Crippen LogP contribution in [-0.4, -0.2) is 0 Å². The van der Waals surface area contributed by atoms with Crippen molar-refractivity contribution < 1.29 is 0 Å². The SMILES string of the molecule is N#CC1C2CC(C1c1ccccc1)C1C3CC(C4C3=C3CC4C4C5CCC(C5)C34)C21. The quantitative estimate of drug-likeness (QED) is 0.421. The van der Waals surface area contributed by atoms with Gasteiger partial charge in [0, 0.05) is 5.92 Å². The minimum absolute atomic E-state index is 0.280. The van der Waals surface area contributed by atoms with E-state index in [2.05, 4.69) is 42.0 Å². The van der Waals surface area contributed by atoms with E-state index in [-0.39, 0.29) is 5.92 Å². The highest BCUT2D eigenvalue weighted by Crippen LogP contribution is 2.80. The Balaban J connectivity index is 1.15. The third kappa shape index (κ3) is 1.54. The highest BCUT2D eigenvalue weighted by molar-refractivity contribution is 5.45. The zero-order valence-corrected chi connectivity index (χ0v) is 17.7. The molecule has 7 fully saturated rings. The van der Waals surface area contributed by atoms with Crippen LogP contribution >= 0.6 is 0 Å². The molecule has 1 nitrogen and oxygen atoms in total. The van der Waals surface area contributed by atoms with Crippen molar-refractivity contribution in [3.8, 4) is 6.07 Å². The largest absolute Gasteiger partial charge is 0.198 e. The number of hydrogen-bond acceptors (Lipinski definition) is 1. The molecular formula is C29H31N. The molecule has 0 saturated heterocycles. The van der Waals surface area contributed by atoms with Crippen molar-refractivity contribution in [2.24, 2.45) is 76.9 Å². The summed E-state index contributed by atoms with van der Waals surface area (Å²) in [4.78, 5) is 0. The molecule has 7 saturated carbocycles. The molecule has 1 heteroatoms. The first-order valence-corrected chi connectivity index (χ1v) is 13.0. The molecule has 9 rings (SSSR count). The van der Waals surface area contributed by atoms with E-state index in [9.17, 15) is 5.26 Å². The maximum Gasteiger partial charge on any atom is 0.0665 e. The minimum atomic E-state index is 0.280. The highest BCUT2D eigenvalue weighted by atomic mass is 14.8. The van der Waals surface area contributed by atoms with Crippen LogP contribution in [0.5, 0.6) is 0 Å². The van der Waals surface area contributed by atoms with E-state index in [4.69, 9.17) is 0 Å². The molecule has 0 spiro atoms. The van der Waals surface area contributed by atoms with Crippen molar-refractivity contribution in [3.63, 3.8) is 0 Å². The van der Waals surface area contributed by atoms with Crippen LogP contribution in [-0.2, 0) is 0 Å². The predicted octanol–water partition coefficient (Wildman–Crippen LogP) is 6.05. The summed E-state index contributed by atoms with van der Waals surface area (Å²) in [5.74, 6) is 12.3. The summed E-state index contributed by atoms with van der Waals surface area (Å²) < 4.78 is 0.